The summed E-state index contributed by atoms with van der Waals surface area (Å²) in [6, 6.07) is -0.792. The number of aliphatic carboxylic acids is 1. The lowest BCUT2D eigenvalue weighted by atomic mass is 9.87. The van der Waals surface area contributed by atoms with Crippen molar-refractivity contribution in [3.05, 3.63) is 0 Å². The van der Waals surface area contributed by atoms with Gasteiger partial charge in [0.15, 0.2) is 0 Å². The Kier molecular flexibility index (Phi) is 3.22. The first-order chi connectivity index (χ1) is 3.68. The van der Waals surface area contributed by atoms with E-state index in [1.165, 1.54) is 0 Å². The molecule has 0 aliphatic heterocycles. The second-order valence-corrected chi connectivity index (χ2v) is 1.52. The van der Waals surface area contributed by atoms with Crippen LogP contribution in [-0.2, 0) is 4.79 Å². The largest absolute Gasteiger partial charge is 0.480 e. The van der Waals surface area contributed by atoms with Crippen LogP contribution in [0.5, 0.6) is 0 Å². The van der Waals surface area contributed by atoms with E-state index in [2.05, 4.69) is 0 Å². The molecule has 0 bridgehead atoms. The van der Waals surface area contributed by atoms with Crippen molar-refractivity contribution in [2.24, 2.45) is 11.4 Å². The lowest BCUT2D eigenvalue weighted by Crippen LogP contribution is -2.32. The van der Waals surface area contributed by atoms with Crippen LogP contribution < -0.4 is 11.4 Å². The van der Waals surface area contributed by atoms with Gasteiger partial charge in [0.1, 0.15) is 0 Å². The zero-order chi connectivity index (χ0) is 6.57. The average Bonchev–Trinajstić information content (AvgIpc) is 1.67. The van der Waals surface area contributed by atoms with Crippen molar-refractivity contribution < 1.29 is 9.90 Å². The Hall–Kier alpha value is -0.545. The predicted molar refractivity (Wildman–Crippen MR) is 31.8 cm³/mol. The number of hydrogen-bond acceptors (Lipinski definition) is 3. The normalized spacial score (nSPS) is 12.8. The third-order valence-corrected chi connectivity index (χ3v) is 0.795. The van der Waals surface area contributed by atoms with Gasteiger partial charge in [0.05, 0.1) is 6.04 Å². The van der Waals surface area contributed by atoms with Crippen molar-refractivity contribution in [3.63, 3.8) is 0 Å². The van der Waals surface area contributed by atoms with E-state index >= 15 is 0 Å². The summed E-state index contributed by atoms with van der Waals surface area (Å²) in [6.07, 6.45) is 0.343. The average molecular weight is 116 g/mol. The smallest absolute Gasteiger partial charge is 0.319 e. The molecular formula is C3H9BN2O2. The molecule has 0 aromatic heterocycles. The molecule has 0 spiro atoms. The molecule has 0 rings (SSSR count). The van der Waals surface area contributed by atoms with E-state index in [4.69, 9.17) is 16.5 Å². The second-order valence-electron chi connectivity index (χ2n) is 1.52. The molecule has 1 unspecified atom stereocenters. The molecule has 0 saturated carbocycles. The summed E-state index contributed by atoms with van der Waals surface area (Å²) in [5, 5.41) is 8.13. The van der Waals surface area contributed by atoms with E-state index in [-0.39, 0.29) is 0 Å². The Balaban J connectivity index is 3.32. The summed E-state index contributed by atoms with van der Waals surface area (Å²) in [5.74, 6) is -0.990. The molecule has 0 radical (unpaired) electrons. The molecule has 0 amide bonds. The fourth-order valence-corrected chi connectivity index (χ4v) is 0.303. The fourth-order valence-electron chi connectivity index (χ4n) is 0.303. The summed E-state index contributed by atoms with van der Waals surface area (Å²) < 4.78 is 0. The zero-order valence-corrected chi connectivity index (χ0v) is 4.50. The molecule has 0 aromatic carbocycles. The van der Waals surface area contributed by atoms with Crippen molar-refractivity contribution in [2.75, 3.05) is 0 Å². The topological polar surface area (TPSA) is 89.3 Å². The van der Waals surface area contributed by atoms with Crippen molar-refractivity contribution in [3.8, 4) is 0 Å². The first-order valence-electron chi connectivity index (χ1n) is 2.37. The van der Waals surface area contributed by atoms with Crippen molar-refractivity contribution in [1.29, 1.82) is 0 Å². The Morgan fingerprint density at radius 3 is 2.50 bits per heavy atom. The molecule has 0 aliphatic carbocycles. The highest BCUT2D eigenvalue weighted by Gasteiger charge is 2.08. The molecule has 46 valence electrons. The van der Waals surface area contributed by atoms with Gasteiger partial charge in [-0.05, 0) is 6.32 Å². The van der Waals surface area contributed by atoms with Gasteiger partial charge in [0, 0.05) is 0 Å². The van der Waals surface area contributed by atoms with Crippen LogP contribution in [0, 0.1) is 0 Å². The summed E-state index contributed by atoms with van der Waals surface area (Å²) in [6.45, 7) is 0. The Bertz CT molecular complexity index is 87.4. The monoisotopic (exact) mass is 116 g/mol. The van der Waals surface area contributed by atoms with Crippen LogP contribution in [0.1, 0.15) is 0 Å². The highest BCUT2D eigenvalue weighted by atomic mass is 16.4. The molecule has 0 saturated heterocycles. The van der Waals surface area contributed by atoms with Gasteiger partial charge in [0.2, 0.25) is 7.41 Å². The minimum absolute atomic E-state index is 0.327. The van der Waals surface area contributed by atoms with Crippen LogP contribution >= 0.6 is 0 Å². The summed E-state index contributed by atoms with van der Waals surface area (Å²) >= 11 is 0. The fraction of sp³-hybridized carbons (Fsp3) is 0.667. The molecule has 5 heteroatoms. The number of carboxylic acids is 1. The third kappa shape index (κ3) is 2.60. The van der Waals surface area contributed by atoms with Gasteiger partial charge in [-0.1, -0.05) is 0 Å². The van der Waals surface area contributed by atoms with Crippen LogP contribution in [0.2, 0.25) is 6.32 Å². The lowest BCUT2D eigenvalue weighted by molar-refractivity contribution is -0.138. The SMILES string of the molecule is NBCC(N)C(=O)O. The van der Waals surface area contributed by atoms with E-state index < -0.39 is 12.0 Å². The quantitative estimate of drug-likeness (QED) is 0.376. The van der Waals surface area contributed by atoms with Gasteiger partial charge >= 0.3 is 5.97 Å². The van der Waals surface area contributed by atoms with Gasteiger partial charge in [-0.15, -0.1) is 0 Å². The molecule has 8 heavy (non-hydrogen) atoms. The van der Waals surface area contributed by atoms with Crippen molar-refractivity contribution in [1.82, 2.24) is 0 Å². The first kappa shape index (κ1) is 7.45. The maximum atomic E-state index is 9.91. The number of carbonyl (C=O) groups is 1. The molecule has 0 aromatic rings. The Labute approximate surface area is 48.1 Å². The molecule has 0 heterocycles. The highest BCUT2D eigenvalue weighted by Crippen LogP contribution is 1.82. The third-order valence-electron chi connectivity index (χ3n) is 0.795. The molecular weight excluding hydrogens is 107 g/mol. The number of hydrogen-bond donors (Lipinski definition) is 3. The molecule has 5 N–H and O–H groups in total. The standard InChI is InChI=1S/C3H9BN2O2/c5-2(1-4-6)3(7)8/h2,4H,1,5-6H2,(H,7,8). The van der Waals surface area contributed by atoms with E-state index in [1.807, 2.05) is 0 Å². The highest BCUT2D eigenvalue weighted by molar-refractivity contribution is 6.31. The number of rotatable bonds is 3. The summed E-state index contributed by atoms with van der Waals surface area (Å²) in [7, 11) is 0.327. The van der Waals surface area contributed by atoms with E-state index in [9.17, 15) is 4.79 Å². The van der Waals surface area contributed by atoms with Gasteiger partial charge in [-0.3, -0.25) is 4.79 Å². The molecule has 1 atom stereocenters. The van der Waals surface area contributed by atoms with E-state index in [0.717, 1.165) is 0 Å². The number of carboxylic acid groups (broad SMARTS) is 1. The van der Waals surface area contributed by atoms with E-state index in [1.54, 1.807) is 0 Å². The second kappa shape index (κ2) is 3.46. The summed E-state index contributed by atoms with van der Waals surface area (Å²) in [4.78, 5) is 9.91. The maximum absolute atomic E-state index is 9.91. The van der Waals surface area contributed by atoms with Crippen LogP contribution in [-0.4, -0.2) is 24.5 Å². The summed E-state index contributed by atoms with van der Waals surface area (Å²) in [5.41, 5.74) is 10.1. The Morgan fingerprint density at radius 1 is 1.88 bits per heavy atom. The van der Waals surface area contributed by atoms with Crippen LogP contribution in [0.25, 0.3) is 0 Å². The zero-order valence-electron chi connectivity index (χ0n) is 4.50. The number of nitrogens with two attached hydrogens (primary N) is 2. The van der Waals surface area contributed by atoms with Gasteiger partial charge < -0.3 is 16.5 Å². The molecule has 0 aliphatic rings. The van der Waals surface area contributed by atoms with E-state index in [0.29, 0.717) is 13.7 Å². The van der Waals surface area contributed by atoms with Crippen molar-refractivity contribution >= 4 is 13.4 Å². The maximum Gasteiger partial charge on any atom is 0.319 e. The minimum Gasteiger partial charge on any atom is -0.480 e. The molecule has 4 nitrogen and oxygen atoms in total. The van der Waals surface area contributed by atoms with Gasteiger partial charge in [0.25, 0.3) is 0 Å². The van der Waals surface area contributed by atoms with Gasteiger partial charge in [-0.2, -0.15) is 0 Å². The first-order valence-corrected chi connectivity index (χ1v) is 2.37. The van der Waals surface area contributed by atoms with Gasteiger partial charge in [-0.25, -0.2) is 0 Å². The van der Waals surface area contributed by atoms with Crippen molar-refractivity contribution in [2.45, 2.75) is 12.4 Å². The lowest BCUT2D eigenvalue weighted by Gasteiger charge is -1.99. The minimum atomic E-state index is -0.990. The van der Waals surface area contributed by atoms with Crippen LogP contribution in [0.3, 0.4) is 0 Å². The predicted octanol–water partition coefficient (Wildman–Crippen LogP) is -1.87. The van der Waals surface area contributed by atoms with Crippen LogP contribution in [0.15, 0.2) is 0 Å². The molecule has 0 fully saturated rings. The Morgan fingerprint density at radius 2 is 2.38 bits per heavy atom. The van der Waals surface area contributed by atoms with Crippen LogP contribution in [0.4, 0.5) is 0 Å².